The van der Waals surface area contributed by atoms with E-state index in [9.17, 15) is 23.8 Å². The molecule has 0 amide bonds. The van der Waals surface area contributed by atoms with E-state index in [0.717, 1.165) is 51.4 Å². The average molecular weight is 730 g/mol. The second kappa shape index (κ2) is 33.8. The third-order valence-corrected chi connectivity index (χ3v) is 8.92. The van der Waals surface area contributed by atoms with Gasteiger partial charge in [-0.3, -0.25) is 18.6 Å². The van der Waals surface area contributed by atoms with E-state index in [1.54, 1.807) is 12.2 Å². The molecule has 0 heterocycles. The van der Waals surface area contributed by atoms with E-state index in [1.165, 1.54) is 83.1 Å². The van der Waals surface area contributed by atoms with E-state index in [1.807, 2.05) is 6.08 Å². The summed E-state index contributed by atoms with van der Waals surface area (Å²) in [7, 11) is -4.73. The highest BCUT2D eigenvalue weighted by atomic mass is 31.2. The molecule has 0 aromatic carbocycles. The average Bonchev–Trinajstić information content (AvgIpc) is 3.09. The Morgan fingerprint density at radius 2 is 1.16 bits per heavy atom. The van der Waals surface area contributed by atoms with Crippen molar-refractivity contribution in [2.75, 3.05) is 19.8 Å². The van der Waals surface area contributed by atoms with Gasteiger partial charge in [-0.1, -0.05) is 141 Å². The number of aliphatic carboxylic acids is 1. The second-order valence-electron chi connectivity index (χ2n) is 12.8. The molecule has 11 nitrogen and oxygen atoms in total. The maximum absolute atomic E-state index is 12.4. The zero-order valence-corrected chi connectivity index (χ0v) is 31.9. The molecule has 1 unspecified atom stereocenters. The first kappa shape index (κ1) is 47.7. The highest BCUT2D eigenvalue weighted by molar-refractivity contribution is 7.47. The summed E-state index contributed by atoms with van der Waals surface area (Å²) in [6.07, 6.45) is 34.3. The fourth-order valence-electron chi connectivity index (χ4n) is 4.89. The van der Waals surface area contributed by atoms with Gasteiger partial charge in [-0.2, -0.15) is 0 Å². The van der Waals surface area contributed by atoms with Crippen molar-refractivity contribution < 1.29 is 47.5 Å². The summed E-state index contributed by atoms with van der Waals surface area (Å²) in [4.78, 5) is 45.5. The van der Waals surface area contributed by atoms with Crippen LogP contribution in [0.25, 0.3) is 0 Å². The number of rotatable bonds is 35. The van der Waals surface area contributed by atoms with Crippen molar-refractivity contribution in [2.45, 2.75) is 167 Å². The summed E-state index contributed by atoms with van der Waals surface area (Å²) in [5.41, 5.74) is 5.30. The molecule has 0 radical (unpaired) electrons. The standard InChI is InChI=1S/C38H68NO10P/c1-3-5-7-9-11-13-15-16-17-18-20-22-24-26-28-30-37(41)49-34(32-47-50(44,45)48-33-35(39)38(42)43)31-46-36(40)29-27-25-23-21-19-14-12-10-8-6-4-2/h10,12,24,26,28,30,34-35H,3-9,11,13-23,25,27,29,31-33,39H2,1-2H3,(H,42,43)(H,44,45)/b12-10+,26-24+,30-28+/t34-,35+/m1/s1. The Kier molecular flexibility index (Phi) is 32.3. The van der Waals surface area contributed by atoms with Gasteiger partial charge in [0.15, 0.2) is 6.10 Å². The molecule has 50 heavy (non-hydrogen) atoms. The van der Waals surface area contributed by atoms with Gasteiger partial charge in [0.1, 0.15) is 12.6 Å². The predicted molar refractivity (Wildman–Crippen MR) is 199 cm³/mol. The van der Waals surface area contributed by atoms with Gasteiger partial charge in [0, 0.05) is 12.5 Å². The zero-order chi connectivity index (χ0) is 37.1. The molecular formula is C38H68NO10P. The minimum atomic E-state index is -4.73. The molecule has 0 aromatic rings. The number of esters is 2. The number of phosphoric acid groups is 1. The monoisotopic (exact) mass is 729 g/mol. The molecule has 0 aliphatic heterocycles. The lowest BCUT2D eigenvalue weighted by Crippen LogP contribution is -2.34. The Labute approximate surface area is 302 Å². The molecule has 0 spiro atoms. The smallest absolute Gasteiger partial charge is 0.472 e. The Morgan fingerprint density at radius 3 is 1.74 bits per heavy atom. The van der Waals surface area contributed by atoms with Gasteiger partial charge in [0.05, 0.1) is 13.2 Å². The number of ether oxygens (including phenoxy) is 2. The van der Waals surface area contributed by atoms with Crippen LogP contribution in [-0.2, 0) is 37.5 Å². The number of nitrogens with two attached hydrogens (primary N) is 1. The molecule has 0 saturated heterocycles. The van der Waals surface area contributed by atoms with Gasteiger partial charge >= 0.3 is 25.7 Å². The molecule has 12 heteroatoms. The van der Waals surface area contributed by atoms with Gasteiger partial charge in [0.2, 0.25) is 0 Å². The van der Waals surface area contributed by atoms with E-state index < -0.39 is 57.7 Å². The summed E-state index contributed by atoms with van der Waals surface area (Å²) in [6.45, 7) is 2.62. The van der Waals surface area contributed by atoms with Gasteiger partial charge in [-0.25, -0.2) is 9.36 Å². The van der Waals surface area contributed by atoms with Crippen molar-refractivity contribution in [1.29, 1.82) is 0 Å². The first-order valence-electron chi connectivity index (χ1n) is 19.1. The van der Waals surface area contributed by atoms with Crippen molar-refractivity contribution >= 4 is 25.7 Å². The van der Waals surface area contributed by atoms with Crippen LogP contribution in [0.5, 0.6) is 0 Å². The Morgan fingerprint density at radius 1 is 0.660 bits per heavy atom. The predicted octanol–water partition coefficient (Wildman–Crippen LogP) is 9.28. The lowest BCUT2D eigenvalue weighted by Gasteiger charge is -2.19. The third-order valence-electron chi connectivity index (χ3n) is 7.97. The number of carboxylic acids is 1. The van der Waals surface area contributed by atoms with Crippen LogP contribution in [0.3, 0.4) is 0 Å². The van der Waals surface area contributed by atoms with Crippen LogP contribution in [0.15, 0.2) is 36.5 Å². The Balaban J connectivity index is 4.57. The van der Waals surface area contributed by atoms with Crippen molar-refractivity contribution in [2.24, 2.45) is 5.73 Å². The molecule has 0 saturated carbocycles. The molecule has 0 aromatic heterocycles. The number of unbranched alkanes of at least 4 members (excludes halogenated alkanes) is 18. The van der Waals surface area contributed by atoms with Crippen LogP contribution in [0, 0.1) is 0 Å². The molecule has 0 rings (SSSR count). The Hall–Kier alpha value is -2.30. The molecule has 4 N–H and O–H groups in total. The van der Waals surface area contributed by atoms with Crippen LogP contribution >= 0.6 is 7.82 Å². The van der Waals surface area contributed by atoms with E-state index >= 15 is 0 Å². The van der Waals surface area contributed by atoms with Crippen molar-refractivity contribution in [3.63, 3.8) is 0 Å². The summed E-state index contributed by atoms with van der Waals surface area (Å²) in [5.74, 6) is -2.66. The Bertz CT molecular complexity index is 1000. The zero-order valence-electron chi connectivity index (χ0n) is 31.0. The highest BCUT2D eigenvalue weighted by Gasteiger charge is 2.27. The summed E-state index contributed by atoms with van der Waals surface area (Å²) in [5, 5.41) is 8.85. The fraction of sp³-hybridized carbons (Fsp3) is 0.763. The lowest BCUT2D eigenvalue weighted by atomic mass is 10.1. The number of carboxylic acid groups (broad SMARTS) is 1. The van der Waals surface area contributed by atoms with Crippen LogP contribution in [0.4, 0.5) is 0 Å². The van der Waals surface area contributed by atoms with Crippen LogP contribution < -0.4 is 5.73 Å². The molecule has 0 bridgehead atoms. The summed E-state index contributed by atoms with van der Waals surface area (Å²) < 4.78 is 32.3. The maximum Gasteiger partial charge on any atom is 0.472 e. The third kappa shape index (κ3) is 32.9. The quantitative estimate of drug-likeness (QED) is 0.0142. The minimum Gasteiger partial charge on any atom is -0.480 e. The normalized spacial score (nSPS) is 14.3. The number of phosphoric ester groups is 1. The second-order valence-corrected chi connectivity index (χ2v) is 14.2. The van der Waals surface area contributed by atoms with Gasteiger partial charge in [0.25, 0.3) is 0 Å². The minimum absolute atomic E-state index is 0.191. The van der Waals surface area contributed by atoms with E-state index in [2.05, 4.69) is 30.5 Å². The van der Waals surface area contributed by atoms with Crippen molar-refractivity contribution in [3.05, 3.63) is 36.5 Å². The molecule has 290 valence electrons. The van der Waals surface area contributed by atoms with Gasteiger partial charge in [-0.15, -0.1) is 0 Å². The molecule has 0 fully saturated rings. The van der Waals surface area contributed by atoms with Gasteiger partial charge in [-0.05, 0) is 38.5 Å². The van der Waals surface area contributed by atoms with Crippen molar-refractivity contribution in [3.8, 4) is 0 Å². The SMILES string of the molecule is CCCC/C=C/CCCCCCCC(=O)OC[C@H](COP(=O)(O)OC[C@H](N)C(=O)O)OC(=O)/C=C/C=C/CCCCCCCCCCCCC. The first-order valence-corrected chi connectivity index (χ1v) is 20.6. The van der Waals surface area contributed by atoms with E-state index in [0.29, 0.717) is 6.42 Å². The molecule has 0 aliphatic carbocycles. The van der Waals surface area contributed by atoms with E-state index in [4.69, 9.17) is 24.8 Å². The van der Waals surface area contributed by atoms with Crippen LogP contribution in [-0.4, -0.2) is 59.9 Å². The van der Waals surface area contributed by atoms with Gasteiger partial charge < -0.3 is 25.2 Å². The summed E-state index contributed by atoms with van der Waals surface area (Å²) >= 11 is 0. The lowest BCUT2D eigenvalue weighted by molar-refractivity contribution is -0.157. The molecular weight excluding hydrogens is 661 g/mol. The van der Waals surface area contributed by atoms with E-state index in [-0.39, 0.29) is 6.42 Å². The number of carbonyl (C=O) groups excluding carboxylic acids is 2. The number of carbonyl (C=O) groups is 3. The molecule has 3 atom stereocenters. The molecule has 0 aliphatic rings. The number of allylic oxidation sites excluding steroid dienone is 5. The number of hydrogen-bond acceptors (Lipinski definition) is 9. The fourth-order valence-corrected chi connectivity index (χ4v) is 5.67. The van der Waals surface area contributed by atoms with Crippen LogP contribution in [0.2, 0.25) is 0 Å². The van der Waals surface area contributed by atoms with Crippen LogP contribution in [0.1, 0.15) is 155 Å². The highest BCUT2D eigenvalue weighted by Crippen LogP contribution is 2.43. The first-order chi connectivity index (χ1) is 24.1. The topological polar surface area (TPSA) is 172 Å². The number of hydrogen-bond donors (Lipinski definition) is 3. The van der Waals surface area contributed by atoms with Crippen molar-refractivity contribution in [1.82, 2.24) is 0 Å². The maximum atomic E-state index is 12.4. The summed E-state index contributed by atoms with van der Waals surface area (Å²) in [6, 6.07) is -1.53. The largest absolute Gasteiger partial charge is 0.480 e.